The van der Waals surface area contributed by atoms with Gasteiger partial charge in [-0.05, 0) is 19.9 Å². The molecule has 0 atom stereocenters. The fourth-order valence-corrected chi connectivity index (χ4v) is 2.29. The van der Waals surface area contributed by atoms with Crippen LogP contribution < -0.4 is 10.6 Å². The van der Waals surface area contributed by atoms with Crippen molar-refractivity contribution < 1.29 is 14.7 Å². The molecular formula is C12H13ClN2O3. The van der Waals surface area contributed by atoms with Crippen molar-refractivity contribution in [3.05, 3.63) is 16.7 Å². The van der Waals surface area contributed by atoms with E-state index in [0.29, 0.717) is 11.3 Å². The van der Waals surface area contributed by atoms with E-state index in [-0.39, 0.29) is 28.3 Å². The van der Waals surface area contributed by atoms with Gasteiger partial charge in [0.15, 0.2) is 0 Å². The first-order valence-electron chi connectivity index (χ1n) is 5.40. The minimum atomic E-state index is -0.891. The van der Waals surface area contributed by atoms with Crippen LogP contribution in [0.15, 0.2) is 6.07 Å². The van der Waals surface area contributed by atoms with E-state index in [9.17, 15) is 14.7 Å². The number of hydrogen-bond donors (Lipinski definition) is 3. The number of carbonyl (C=O) groups excluding carboxylic acids is 2. The Bertz CT molecular complexity index is 567. The zero-order chi connectivity index (χ0) is 13.7. The molecule has 2 amide bonds. The third-order valence-corrected chi connectivity index (χ3v) is 3.29. The lowest BCUT2D eigenvalue weighted by atomic mass is 9.85. The highest BCUT2D eigenvalue weighted by Crippen LogP contribution is 2.49. The van der Waals surface area contributed by atoms with Gasteiger partial charge in [0.25, 0.3) is 0 Å². The second kappa shape index (κ2) is 3.88. The maximum atomic E-state index is 11.8. The Morgan fingerprint density at radius 2 is 2.11 bits per heavy atom. The minimum absolute atomic E-state index is 0.132. The van der Waals surface area contributed by atoms with Gasteiger partial charge in [-0.2, -0.15) is 0 Å². The largest absolute Gasteiger partial charge is 0.505 e. The first-order valence-corrected chi connectivity index (χ1v) is 5.78. The van der Waals surface area contributed by atoms with Gasteiger partial charge in [0, 0.05) is 12.5 Å². The van der Waals surface area contributed by atoms with Gasteiger partial charge in [-0.1, -0.05) is 11.6 Å². The average Bonchev–Trinajstić information content (AvgIpc) is 2.47. The molecule has 6 heteroatoms. The van der Waals surface area contributed by atoms with Crippen LogP contribution in [0.4, 0.5) is 11.4 Å². The molecule has 0 unspecified atom stereocenters. The molecule has 2 rings (SSSR count). The summed E-state index contributed by atoms with van der Waals surface area (Å²) in [6, 6.07) is 1.42. The molecular weight excluding hydrogens is 256 g/mol. The average molecular weight is 269 g/mol. The zero-order valence-corrected chi connectivity index (χ0v) is 11.0. The molecule has 1 aliphatic rings. The zero-order valence-electron chi connectivity index (χ0n) is 10.2. The molecule has 0 bridgehead atoms. The molecule has 0 radical (unpaired) electrons. The van der Waals surface area contributed by atoms with Gasteiger partial charge in [0.2, 0.25) is 11.8 Å². The van der Waals surface area contributed by atoms with Crippen LogP contribution in [0, 0.1) is 0 Å². The second-order valence-corrected chi connectivity index (χ2v) is 5.17. The van der Waals surface area contributed by atoms with Gasteiger partial charge < -0.3 is 15.7 Å². The van der Waals surface area contributed by atoms with Crippen LogP contribution in [0.1, 0.15) is 26.3 Å². The second-order valence-electron chi connectivity index (χ2n) is 4.76. The topological polar surface area (TPSA) is 78.4 Å². The van der Waals surface area contributed by atoms with Crippen LogP contribution >= 0.6 is 11.6 Å². The lowest BCUT2D eigenvalue weighted by Crippen LogP contribution is -2.27. The Balaban J connectivity index is 2.67. The van der Waals surface area contributed by atoms with Crippen molar-refractivity contribution in [1.82, 2.24) is 0 Å². The van der Waals surface area contributed by atoms with Crippen molar-refractivity contribution in [3.8, 4) is 5.75 Å². The third kappa shape index (κ3) is 1.71. The van der Waals surface area contributed by atoms with Gasteiger partial charge in [0.05, 0.1) is 21.8 Å². The lowest BCUT2D eigenvalue weighted by Gasteiger charge is -2.18. The van der Waals surface area contributed by atoms with E-state index in [0.717, 1.165) is 0 Å². The number of nitrogens with one attached hydrogen (secondary N) is 2. The lowest BCUT2D eigenvalue weighted by molar-refractivity contribution is -0.119. The van der Waals surface area contributed by atoms with Gasteiger partial charge in [-0.15, -0.1) is 0 Å². The van der Waals surface area contributed by atoms with Crippen molar-refractivity contribution in [3.63, 3.8) is 0 Å². The number of anilines is 2. The Morgan fingerprint density at radius 1 is 1.50 bits per heavy atom. The quantitative estimate of drug-likeness (QED) is 0.684. The molecule has 3 N–H and O–H groups in total. The summed E-state index contributed by atoms with van der Waals surface area (Å²) in [4.78, 5) is 22.9. The number of benzene rings is 1. The number of hydrogen-bond acceptors (Lipinski definition) is 3. The van der Waals surface area contributed by atoms with E-state index in [2.05, 4.69) is 10.6 Å². The van der Waals surface area contributed by atoms with Crippen LogP contribution in [0.25, 0.3) is 0 Å². The van der Waals surface area contributed by atoms with E-state index >= 15 is 0 Å². The Morgan fingerprint density at radius 3 is 2.67 bits per heavy atom. The summed E-state index contributed by atoms with van der Waals surface area (Å²) < 4.78 is 0. The number of carbonyl (C=O) groups is 2. The van der Waals surface area contributed by atoms with Gasteiger partial charge in [-0.25, -0.2) is 0 Å². The normalized spacial score (nSPS) is 16.1. The smallest absolute Gasteiger partial charge is 0.234 e. The van der Waals surface area contributed by atoms with E-state index in [1.165, 1.54) is 13.0 Å². The first-order chi connectivity index (χ1) is 8.25. The SMILES string of the molecule is CC(=O)Nc1cc(Cl)c2c(c1O)C(C)(C)C(=O)N2. The standard InChI is InChI=1S/C12H13ClN2O3/c1-5(16)14-7-4-6(13)9-8(10(7)17)12(2,3)11(18)15-9/h4,17H,1-3H3,(H,14,16)(H,15,18). The van der Waals surface area contributed by atoms with Crippen molar-refractivity contribution in [2.75, 3.05) is 10.6 Å². The van der Waals surface area contributed by atoms with Crippen LogP contribution in [0.3, 0.4) is 0 Å². The highest BCUT2D eigenvalue weighted by molar-refractivity contribution is 6.35. The maximum Gasteiger partial charge on any atom is 0.234 e. The van der Waals surface area contributed by atoms with Crippen LogP contribution in [0.5, 0.6) is 5.75 Å². The number of aromatic hydroxyl groups is 1. The van der Waals surface area contributed by atoms with E-state index in [1.807, 2.05) is 0 Å². The Hall–Kier alpha value is -1.75. The molecule has 0 spiro atoms. The summed E-state index contributed by atoms with van der Waals surface area (Å²) in [6.45, 7) is 4.69. The Labute approximate surface area is 109 Å². The molecule has 1 heterocycles. The number of phenolic OH excluding ortho intramolecular Hbond substituents is 1. The van der Waals surface area contributed by atoms with E-state index < -0.39 is 5.41 Å². The van der Waals surface area contributed by atoms with E-state index in [4.69, 9.17) is 11.6 Å². The summed E-state index contributed by atoms with van der Waals surface area (Å²) in [6.07, 6.45) is 0. The van der Waals surface area contributed by atoms with E-state index in [1.54, 1.807) is 13.8 Å². The van der Waals surface area contributed by atoms with Crippen LogP contribution in [-0.4, -0.2) is 16.9 Å². The highest BCUT2D eigenvalue weighted by atomic mass is 35.5. The van der Waals surface area contributed by atoms with Gasteiger partial charge >= 0.3 is 0 Å². The molecule has 1 aromatic carbocycles. The molecule has 96 valence electrons. The predicted molar refractivity (Wildman–Crippen MR) is 69.1 cm³/mol. The number of fused-ring (bicyclic) bond motifs is 1. The first kappa shape index (κ1) is 12.7. The molecule has 0 fully saturated rings. The summed E-state index contributed by atoms with van der Waals surface area (Å²) >= 11 is 6.05. The Kier molecular flexibility index (Phi) is 2.74. The minimum Gasteiger partial charge on any atom is -0.505 e. The maximum absolute atomic E-state index is 11.8. The summed E-state index contributed by atoms with van der Waals surface area (Å²) in [5.41, 5.74) is 0.121. The molecule has 0 aromatic heterocycles. The molecule has 1 aromatic rings. The fourth-order valence-electron chi connectivity index (χ4n) is 2.04. The predicted octanol–water partition coefficient (Wildman–Crippen LogP) is 2.23. The molecule has 0 saturated heterocycles. The van der Waals surface area contributed by atoms with Crippen LogP contribution in [-0.2, 0) is 15.0 Å². The monoisotopic (exact) mass is 268 g/mol. The number of halogens is 1. The third-order valence-electron chi connectivity index (χ3n) is 2.99. The van der Waals surface area contributed by atoms with Crippen molar-refractivity contribution in [2.45, 2.75) is 26.2 Å². The van der Waals surface area contributed by atoms with Crippen molar-refractivity contribution >= 4 is 34.8 Å². The summed E-state index contributed by atoms with van der Waals surface area (Å²) in [5, 5.41) is 15.6. The summed E-state index contributed by atoms with van der Waals surface area (Å²) in [5.74, 6) is -0.695. The molecule has 0 aliphatic carbocycles. The van der Waals surface area contributed by atoms with Gasteiger partial charge in [-0.3, -0.25) is 9.59 Å². The van der Waals surface area contributed by atoms with Gasteiger partial charge in [0.1, 0.15) is 5.75 Å². The number of amides is 2. The highest BCUT2D eigenvalue weighted by Gasteiger charge is 2.42. The number of rotatable bonds is 1. The van der Waals surface area contributed by atoms with Crippen LogP contribution in [0.2, 0.25) is 5.02 Å². The summed E-state index contributed by atoms with van der Waals surface area (Å²) in [7, 11) is 0. The fraction of sp³-hybridized carbons (Fsp3) is 0.333. The van der Waals surface area contributed by atoms with Crippen molar-refractivity contribution in [1.29, 1.82) is 0 Å². The number of phenols is 1. The van der Waals surface area contributed by atoms with Crippen molar-refractivity contribution in [2.24, 2.45) is 0 Å². The molecule has 5 nitrogen and oxygen atoms in total. The molecule has 0 saturated carbocycles. The molecule has 18 heavy (non-hydrogen) atoms. The molecule has 1 aliphatic heterocycles.